The molecule has 1 aliphatic carbocycles. The van der Waals surface area contributed by atoms with Crippen LogP contribution in [0.1, 0.15) is 58.8 Å². The first-order valence-electron chi connectivity index (χ1n) is 8.71. The van der Waals surface area contributed by atoms with E-state index in [0.717, 1.165) is 29.8 Å². The zero-order valence-corrected chi connectivity index (χ0v) is 12.9. The molecule has 0 amide bonds. The highest BCUT2D eigenvalue weighted by Crippen LogP contribution is 2.35. The molecule has 2 nitrogen and oxygen atoms in total. The second kappa shape index (κ2) is 6.13. The van der Waals surface area contributed by atoms with Crippen LogP contribution in [0, 0.1) is 17.8 Å². The van der Waals surface area contributed by atoms with Crippen LogP contribution in [0.2, 0.25) is 0 Å². The van der Waals surface area contributed by atoms with Gasteiger partial charge in [0.05, 0.1) is 0 Å². The molecule has 3 rings (SSSR count). The van der Waals surface area contributed by atoms with Crippen LogP contribution >= 0.6 is 0 Å². The molecule has 19 heavy (non-hydrogen) atoms. The minimum absolute atomic E-state index is 0.852. The van der Waals surface area contributed by atoms with Gasteiger partial charge in [-0.05, 0) is 75.9 Å². The maximum Gasteiger partial charge on any atom is 0.0123 e. The fourth-order valence-electron chi connectivity index (χ4n) is 4.78. The molecule has 0 aromatic heterocycles. The predicted octanol–water partition coefficient (Wildman–Crippen LogP) is 3.28. The molecule has 2 heteroatoms. The van der Waals surface area contributed by atoms with E-state index < -0.39 is 0 Å². The van der Waals surface area contributed by atoms with E-state index >= 15 is 0 Å². The Balaban J connectivity index is 1.51. The van der Waals surface area contributed by atoms with Crippen LogP contribution in [0.25, 0.3) is 0 Å². The molecule has 0 spiro atoms. The summed E-state index contributed by atoms with van der Waals surface area (Å²) in [5, 5.41) is 3.72. The van der Waals surface area contributed by atoms with Crippen molar-refractivity contribution in [3.63, 3.8) is 0 Å². The lowest BCUT2D eigenvalue weighted by Crippen LogP contribution is -2.49. The minimum atomic E-state index is 0.852. The predicted molar refractivity (Wildman–Crippen MR) is 81.3 cm³/mol. The van der Waals surface area contributed by atoms with Crippen molar-refractivity contribution in [3.8, 4) is 0 Å². The fourth-order valence-corrected chi connectivity index (χ4v) is 4.78. The number of hydrogen-bond acceptors (Lipinski definition) is 2. The Bertz CT molecular complexity index is 277. The van der Waals surface area contributed by atoms with Crippen molar-refractivity contribution < 1.29 is 0 Å². The molecular formula is C17H32N2. The first kappa shape index (κ1) is 13.9. The summed E-state index contributed by atoms with van der Waals surface area (Å²) in [6.45, 7) is 8.94. The number of nitrogens with one attached hydrogen (secondary N) is 1. The molecule has 4 unspecified atom stereocenters. The van der Waals surface area contributed by atoms with Crippen LogP contribution in [0.5, 0.6) is 0 Å². The summed E-state index contributed by atoms with van der Waals surface area (Å²) in [6, 6.07) is 1.74. The number of rotatable bonds is 2. The normalized spacial score (nSPS) is 42.6. The minimum Gasteiger partial charge on any atom is -0.314 e. The van der Waals surface area contributed by atoms with E-state index in [9.17, 15) is 0 Å². The molecule has 4 atom stereocenters. The van der Waals surface area contributed by atoms with Gasteiger partial charge < -0.3 is 10.2 Å². The number of likely N-dealkylation sites (tertiary alicyclic amines) is 1. The Hall–Kier alpha value is -0.0800. The van der Waals surface area contributed by atoms with Crippen LogP contribution in [0.15, 0.2) is 0 Å². The van der Waals surface area contributed by atoms with Crippen molar-refractivity contribution in [1.29, 1.82) is 0 Å². The molecule has 0 aromatic rings. The largest absolute Gasteiger partial charge is 0.314 e. The van der Waals surface area contributed by atoms with Gasteiger partial charge in [0.2, 0.25) is 0 Å². The topological polar surface area (TPSA) is 15.3 Å². The average molecular weight is 264 g/mol. The molecular weight excluding hydrogens is 232 g/mol. The van der Waals surface area contributed by atoms with Crippen LogP contribution in [-0.2, 0) is 0 Å². The zero-order valence-electron chi connectivity index (χ0n) is 12.9. The number of piperidine rings is 1. The molecule has 3 fully saturated rings. The van der Waals surface area contributed by atoms with E-state index in [4.69, 9.17) is 0 Å². The molecule has 110 valence electrons. The number of hydrogen-bond donors (Lipinski definition) is 1. The van der Waals surface area contributed by atoms with E-state index in [-0.39, 0.29) is 0 Å². The summed E-state index contributed by atoms with van der Waals surface area (Å²) in [5.41, 5.74) is 0. The Kier molecular flexibility index (Phi) is 4.48. The van der Waals surface area contributed by atoms with E-state index in [1.165, 1.54) is 64.6 Å². The molecule has 1 saturated carbocycles. The van der Waals surface area contributed by atoms with Crippen LogP contribution in [0.3, 0.4) is 0 Å². The van der Waals surface area contributed by atoms with Crippen molar-refractivity contribution in [2.24, 2.45) is 17.8 Å². The van der Waals surface area contributed by atoms with Gasteiger partial charge in [-0.1, -0.05) is 20.3 Å². The molecule has 0 bridgehead atoms. The maximum atomic E-state index is 3.72. The van der Waals surface area contributed by atoms with E-state index in [1.807, 2.05) is 0 Å². The van der Waals surface area contributed by atoms with Crippen LogP contribution in [0.4, 0.5) is 0 Å². The van der Waals surface area contributed by atoms with Gasteiger partial charge in [-0.25, -0.2) is 0 Å². The first-order valence-corrected chi connectivity index (χ1v) is 8.71. The fraction of sp³-hybridized carbons (Fsp3) is 1.00. The van der Waals surface area contributed by atoms with Gasteiger partial charge in [0.25, 0.3) is 0 Å². The van der Waals surface area contributed by atoms with Crippen molar-refractivity contribution in [3.05, 3.63) is 0 Å². The van der Waals surface area contributed by atoms with Gasteiger partial charge in [0.15, 0.2) is 0 Å². The average Bonchev–Trinajstić information content (AvgIpc) is 2.96. The molecule has 2 aliphatic heterocycles. The highest BCUT2D eigenvalue weighted by molar-refractivity contribution is 4.90. The Morgan fingerprint density at radius 1 is 0.947 bits per heavy atom. The molecule has 0 radical (unpaired) electrons. The molecule has 2 saturated heterocycles. The highest BCUT2D eigenvalue weighted by Gasteiger charge is 2.34. The third-order valence-corrected chi connectivity index (χ3v) is 6.13. The van der Waals surface area contributed by atoms with Crippen molar-refractivity contribution in [1.82, 2.24) is 10.2 Å². The van der Waals surface area contributed by atoms with Crippen molar-refractivity contribution in [2.75, 3.05) is 19.6 Å². The summed E-state index contributed by atoms with van der Waals surface area (Å²) in [5.74, 6) is 2.85. The molecule has 1 N–H and O–H groups in total. The van der Waals surface area contributed by atoms with Gasteiger partial charge in [-0.3, -0.25) is 0 Å². The van der Waals surface area contributed by atoms with Crippen molar-refractivity contribution >= 4 is 0 Å². The van der Waals surface area contributed by atoms with Gasteiger partial charge in [-0.2, -0.15) is 0 Å². The third-order valence-electron chi connectivity index (χ3n) is 6.13. The summed E-state index contributed by atoms with van der Waals surface area (Å²) < 4.78 is 0. The third kappa shape index (κ3) is 3.16. The van der Waals surface area contributed by atoms with E-state index in [0.29, 0.717) is 0 Å². The first-order chi connectivity index (χ1) is 9.24. The Morgan fingerprint density at radius 3 is 2.42 bits per heavy atom. The second-order valence-electron chi connectivity index (χ2n) is 7.54. The van der Waals surface area contributed by atoms with Gasteiger partial charge in [-0.15, -0.1) is 0 Å². The highest BCUT2D eigenvalue weighted by atomic mass is 15.2. The Labute approximate surface area is 119 Å². The zero-order chi connectivity index (χ0) is 13.2. The smallest absolute Gasteiger partial charge is 0.0123 e. The lowest BCUT2D eigenvalue weighted by atomic mass is 9.78. The lowest BCUT2D eigenvalue weighted by molar-refractivity contribution is 0.0536. The molecule has 3 aliphatic rings. The van der Waals surface area contributed by atoms with Gasteiger partial charge in [0.1, 0.15) is 0 Å². The number of nitrogens with zero attached hydrogens (tertiary/aromatic N) is 1. The standard InChI is InChI=1S/C17H32N2/c1-13-5-6-14(2)17(12-13)19-10-7-15(8-11-19)16-4-3-9-18-16/h13-18H,3-12H2,1-2H3. The van der Waals surface area contributed by atoms with Crippen molar-refractivity contribution in [2.45, 2.75) is 70.9 Å². The second-order valence-corrected chi connectivity index (χ2v) is 7.54. The van der Waals surface area contributed by atoms with Gasteiger partial charge in [0, 0.05) is 12.1 Å². The SMILES string of the molecule is CC1CCC(C)C(N2CCC(C3CCCN3)CC2)C1. The summed E-state index contributed by atoms with van der Waals surface area (Å²) in [6.07, 6.45) is 10.1. The lowest BCUT2D eigenvalue weighted by Gasteiger charge is -2.44. The summed E-state index contributed by atoms with van der Waals surface area (Å²) in [7, 11) is 0. The Morgan fingerprint density at radius 2 is 1.74 bits per heavy atom. The maximum absolute atomic E-state index is 3.72. The summed E-state index contributed by atoms with van der Waals surface area (Å²) in [4.78, 5) is 2.84. The monoisotopic (exact) mass is 264 g/mol. The molecule has 0 aromatic carbocycles. The molecule has 2 heterocycles. The van der Waals surface area contributed by atoms with Crippen LogP contribution in [-0.4, -0.2) is 36.6 Å². The summed E-state index contributed by atoms with van der Waals surface area (Å²) >= 11 is 0. The van der Waals surface area contributed by atoms with E-state index in [1.54, 1.807) is 0 Å². The van der Waals surface area contributed by atoms with E-state index in [2.05, 4.69) is 24.1 Å². The quantitative estimate of drug-likeness (QED) is 0.823. The van der Waals surface area contributed by atoms with Gasteiger partial charge >= 0.3 is 0 Å². The van der Waals surface area contributed by atoms with Crippen LogP contribution < -0.4 is 5.32 Å².